The Kier molecular flexibility index (Phi) is 6.02. The maximum Gasteiger partial charge on any atom is 0.262 e. The fraction of sp³-hybridized carbons (Fsp3) is 0.138. The summed E-state index contributed by atoms with van der Waals surface area (Å²) < 4.78 is 0. The van der Waals surface area contributed by atoms with E-state index in [-0.39, 0.29) is 6.42 Å². The number of hydrogen-bond acceptors (Lipinski definition) is 4. The minimum atomic E-state index is -1.02. The standard InChI is InChI=1S/C29H25N3O3/c1-2-30-21-14-16-22(17-15-21)31-27(33)25(18-19-8-4-3-5-9-19)32-28(34)23-12-6-10-20-11-7-13-24(26(20)23)29(32)35/h3-17,25,30H,2,18H2,1H3,(H,31,33)/t25-/m1/s1. The maximum atomic E-state index is 13.6. The molecular formula is C29H25N3O3. The van der Waals surface area contributed by atoms with Gasteiger partial charge in [-0.3, -0.25) is 19.3 Å². The Labute approximate surface area is 203 Å². The summed E-state index contributed by atoms with van der Waals surface area (Å²) in [6, 6.07) is 26.5. The molecule has 35 heavy (non-hydrogen) atoms. The van der Waals surface area contributed by atoms with E-state index in [9.17, 15) is 14.4 Å². The Bertz CT molecular complexity index is 1360. The van der Waals surface area contributed by atoms with Gasteiger partial charge in [0.15, 0.2) is 0 Å². The van der Waals surface area contributed by atoms with Crippen molar-refractivity contribution in [2.75, 3.05) is 17.2 Å². The van der Waals surface area contributed by atoms with Gasteiger partial charge in [0.2, 0.25) is 5.91 Å². The molecule has 0 radical (unpaired) electrons. The van der Waals surface area contributed by atoms with Gasteiger partial charge in [0.25, 0.3) is 11.8 Å². The first-order valence-corrected chi connectivity index (χ1v) is 11.6. The van der Waals surface area contributed by atoms with E-state index in [1.807, 2.05) is 61.5 Å². The van der Waals surface area contributed by atoms with Gasteiger partial charge in [0.05, 0.1) is 0 Å². The van der Waals surface area contributed by atoms with E-state index < -0.39 is 23.8 Å². The minimum Gasteiger partial charge on any atom is -0.385 e. The smallest absolute Gasteiger partial charge is 0.262 e. The molecule has 174 valence electrons. The van der Waals surface area contributed by atoms with E-state index in [1.54, 1.807) is 36.4 Å². The summed E-state index contributed by atoms with van der Waals surface area (Å²) >= 11 is 0. The molecule has 0 saturated heterocycles. The van der Waals surface area contributed by atoms with Crippen molar-refractivity contribution in [3.63, 3.8) is 0 Å². The van der Waals surface area contributed by atoms with Crippen LogP contribution in [0.2, 0.25) is 0 Å². The number of nitrogens with one attached hydrogen (secondary N) is 2. The Balaban J connectivity index is 1.52. The van der Waals surface area contributed by atoms with Gasteiger partial charge in [-0.15, -0.1) is 0 Å². The zero-order valence-electron chi connectivity index (χ0n) is 19.3. The molecule has 1 aliphatic heterocycles. The zero-order valence-corrected chi connectivity index (χ0v) is 19.3. The van der Waals surface area contributed by atoms with Gasteiger partial charge in [-0.2, -0.15) is 0 Å². The normalized spacial score (nSPS) is 13.6. The number of carbonyl (C=O) groups is 3. The third kappa shape index (κ3) is 4.26. The molecule has 0 spiro atoms. The van der Waals surface area contributed by atoms with Crippen molar-refractivity contribution in [1.82, 2.24) is 4.90 Å². The Morgan fingerprint density at radius 2 is 1.37 bits per heavy atom. The summed E-state index contributed by atoms with van der Waals surface area (Å²) in [4.78, 5) is 42.0. The van der Waals surface area contributed by atoms with Crippen molar-refractivity contribution in [3.8, 4) is 0 Å². The largest absolute Gasteiger partial charge is 0.385 e. The lowest BCUT2D eigenvalue weighted by molar-refractivity contribution is -0.120. The van der Waals surface area contributed by atoms with Crippen LogP contribution in [0.4, 0.5) is 11.4 Å². The van der Waals surface area contributed by atoms with Crippen molar-refractivity contribution in [1.29, 1.82) is 0 Å². The van der Waals surface area contributed by atoms with Gasteiger partial charge in [0.1, 0.15) is 6.04 Å². The topological polar surface area (TPSA) is 78.5 Å². The Hall–Kier alpha value is -4.45. The van der Waals surface area contributed by atoms with Crippen LogP contribution in [0.5, 0.6) is 0 Å². The van der Waals surface area contributed by atoms with Crippen LogP contribution in [-0.4, -0.2) is 35.2 Å². The van der Waals surface area contributed by atoms with Gasteiger partial charge in [-0.1, -0.05) is 54.6 Å². The van der Waals surface area contributed by atoms with Gasteiger partial charge in [-0.05, 0) is 54.3 Å². The van der Waals surface area contributed by atoms with Crippen molar-refractivity contribution in [2.45, 2.75) is 19.4 Å². The predicted octanol–water partition coefficient (Wildman–Crippen LogP) is 5.12. The highest BCUT2D eigenvalue weighted by molar-refractivity contribution is 6.26. The number of rotatable bonds is 7. The van der Waals surface area contributed by atoms with Crippen molar-refractivity contribution in [3.05, 3.63) is 108 Å². The van der Waals surface area contributed by atoms with Gasteiger partial charge in [-0.25, -0.2) is 0 Å². The summed E-state index contributed by atoms with van der Waals surface area (Å²) in [6.45, 7) is 2.80. The molecule has 0 unspecified atom stereocenters. The number of imide groups is 1. The first kappa shape index (κ1) is 22.3. The molecule has 0 fully saturated rings. The van der Waals surface area contributed by atoms with E-state index in [0.29, 0.717) is 22.2 Å². The van der Waals surface area contributed by atoms with Crippen LogP contribution >= 0.6 is 0 Å². The molecule has 5 rings (SSSR count). The second-order valence-electron chi connectivity index (χ2n) is 8.49. The molecule has 3 amide bonds. The second-order valence-corrected chi connectivity index (χ2v) is 8.49. The van der Waals surface area contributed by atoms with Crippen molar-refractivity contribution >= 4 is 39.9 Å². The molecule has 0 aromatic heterocycles. The molecular weight excluding hydrogens is 438 g/mol. The third-order valence-electron chi connectivity index (χ3n) is 6.22. The third-order valence-corrected chi connectivity index (χ3v) is 6.22. The quantitative estimate of drug-likeness (QED) is 0.373. The number of anilines is 2. The van der Waals surface area contributed by atoms with E-state index in [0.717, 1.165) is 28.1 Å². The second kappa shape index (κ2) is 9.43. The van der Waals surface area contributed by atoms with Crippen LogP contribution in [0.3, 0.4) is 0 Å². The van der Waals surface area contributed by atoms with Gasteiger partial charge in [0, 0.05) is 40.9 Å². The molecule has 6 nitrogen and oxygen atoms in total. The number of hydrogen-bond donors (Lipinski definition) is 2. The summed E-state index contributed by atoms with van der Waals surface area (Å²) in [5, 5.41) is 7.58. The van der Waals surface area contributed by atoms with Crippen LogP contribution in [0, 0.1) is 0 Å². The fourth-order valence-electron chi connectivity index (χ4n) is 4.57. The summed E-state index contributed by atoms with van der Waals surface area (Å²) in [6.07, 6.45) is 0.206. The molecule has 2 N–H and O–H groups in total. The molecule has 1 aliphatic rings. The highest BCUT2D eigenvalue weighted by Crippen LogP contribution is 2.32. The van der Waals surface area contributed by atoms with E-state index in [2.05, 4.69) is 10.6 Å². The number of amides is 3. The minimum absolute atomic E-state index is 0.206. The first-order valence-electron chi connectivity index (χ1n) is 11.6. The summed E-state index contributed by atoms with van der Waals surface area (Å²) in [7, 11) is 0. The zero-order chi connectivity index (χ0) is 24.4. The van der Waals surface area contributed by atoms with Gasteiger partial charge >= 0.3 is 0 Å². The summed E-state index contributed by atoms with van der Waals surface area (Å²) in [5.74, 6) is -1.34. The van der Waals surface area contributed by atoms with Crippen LogP contribution in [0.15, 0.2) is 91.0 Å². The summed E-state index contributed by atoms with van der Waals surface area (Å²) in [5.41, 5.74) is 3.25. The highest BCUT2D eigenvalue weighted by atomic mass is 16.2. The van der Waals surface area contributed by atoms with Crippen LogP contribution in [0.1, 0.15) is 33.2 Å². The fourth-order valence-corrected chi connectivity index (χ4v) is 4.57. The van der Waals surface area contributed by atoms with Crippen LogP contribution in [-0.2, 0) is 11.2 Å². The van der Waals surface area contributed by atoms with Crippen LogP contribution in [0.25, 0.3) is 10.8 Å². The molecule has 4 aromatic rings. The van der Waals surface area contributed by atoms with E-state index in [4.69, 9.17) is 0 Å². The lowest BCUT2D eigenvalue weighted by atomic mass is 9.92. The molecule has 0 aliphatic carbocycles. The number of nitrogens with zero attached hydrogens (tertiary/aromatic N) is 1. The Morgan fingerprint density at radius 1 is 0.771 bits per heavy atom. The average molecular weight is 464 g/mol. The van der Waals surface area contributed by atoms with Crippen LogP contribution < -0.4 is 10.6 Å². The highest BCUT2D eigenvalue weighted by Gasteiger charge is 2.40. The number of carbonyl (C=O) groups excluding carboxylic acids is 3. The molecule has 4 aromatic carbocycles. The molecule has 0 saturated carbocycles. The predicted molar refractivity (Wildman–Crippen MR) is 138 cm³/mol. The lowest BCUT2D eigenvalue weighted by Gasteiger charge is -2.33. The van der Waals surface area contributed by atoms with E-state index in [1.165, 1.54) is 0 Å². The van der Waals surface area contributed by atoms with Crippen molar-refractivity contribution < 1.29 is 14.4 Å². The van der Waals surface area contributed by atoms with E-state index >= 15 is 0 Å². The molecule has 6 heteroatoms. The monoisotopic (exact) mass is 463 g/mol. The number of benzene rings is 4. The maximum absolute atomic E-state index is 13.6. The molecule has 1 heterocycles. The SMILES string of the molecule is CCNc1ccc(NC(=O)[C@@H](Cc2ccccc2)N2C(=O)c3cccc4cccc(c34)C2=O)cc1. The average Bonchev–Trinajstić information content (AvgIpc) is 2.88. The Morgan fingerprint density at radius 3 is 1.97 bits per heavy atom. The molecule has 1 atom stereocenters. The van der Waals surface area contributed by atoms with Gasteiger partial charge < -0.3 is 10.6 Å². The van der Waals surface area contributed by atoms with Crippen molar-refractivity contribution in [2.24, 2.45) is 0 Å². The molecule has 0 bridgehead atoms. The lowest BCUT2D eigenvalue weighted by Crippen LogP contribution is -2.53. The first-order chi connectivity index (χ1) is 17.1.